The molecule has 0 aliphatic heterocycles. The summed E-state index contributed by atoms with van der Waals surface area (Å²) in [5.74, 6) is 0.692. The molecule has 0 aromatic carbocycles. The second kappa shape index (κ2) is 3.82. The maximum absolute atomic E-state index is 9.39. The molecule has 0 saturated heterocycles. The van der Waals surface area contributed by atoms with E-state index in [4.69, 9.17) is 0 Å². The second-order valence-corrected chi connectivity index (χ2v) is 5.32. The molecular weight excluding hydrogens is 339 g/mol. The van der Waals surface area contributed by atoms with Gasteiger partial charge < -0.3 is 5.11 Å². The number of aromatic nitrogens is 4. The summed E-state index contributed by atoms with van der Waals surface area (Å²) in [6, 6.07) is 0. The third kappa shape index (κ3) is 1.46. The Hall–Kier alpha value is -0.930. The van der Waals surface area contributed by atoms with Crippen molar-refractivity contribution in [1.29, 1.82) is 0 Å². The number of halogens is 1. The van der Waals surface area contributed by atoms with Crippen LogP contribution in [-0.4, -0.2) is 24.3 Å². The Morgan fingerprint density at radius 3 is 3.06 bits per heavy atom. The zero-order valence-electron chi connectivity index (χ0n) is 8.04. The van der Waals surface area contributed by atoms with Gasteiger partial charge in [-0.15, -0.1) is 11.3 Å². The van der Waals surface area contributed by atoms with Gasteiger partial charge in [0.15, 0.2) is 10.8 Å². The molecular formula is C9H7IN4OS. The standard InChI is InChI=1S/C9H7IN4OS/c10-6-3-11-14(4-6)8-7(5-15)13-1-2-16-9(13)12-8/h1-4,15H,5H2. The number of rotatable bonds is 2. The Bertz CT molecular complexity index is 641. The predicted molar refractivity (Wildman–Crippen MR) is 68.8 cm³/mol. The first kappa shape index (κ1) is 10.2. The highest BCUT2D eigenvalue weighted by atomic mass is 127. The van der Waals surface area contributed by atoms with Crippen molar-refractivity contribution in [1.82, 2.24) is 19.2 Å². The van der Waals surface area contributed by atoms with Crippen LogP contribution in [0.2, 0.25) is 0 Å². The number of aliphatic hydroxyl groups is 1. The molecule has 7 heteroatoms. The van der Waals surface area contributed by atoms with Crippen LogP contribution in [0.5, 0.6) is 0 Å². The number of thiazole rings is 1. The van der Waals surface area contributed by atoms with Gasteiger partial charge in [-0.2, -0.15) is 10.1 Å². The predicted octanol–water partition coefficient (Wildman–Crippen LogP) is 1.68. The monoisotopic (exact) mass is 346 g/mol. The van der Waals surface area contributed by atoms with E-state index in [1.165, 1.54) is 11.3 Å². The summed E-state index contributed by atoms with van der Waals surface area (Å²) in [6.45, 7) is -0.0519. The first-order chi connectivity index (χ1) is 7.79. The van der Waals surface area contributed by atoms with E-state index >= 15 is 0 Å². The largest absolute Gasteiger partial charge is 0.390 e. The minimum Gasteiger partial charge on any atom is -0.390 e. The summed E-state index contributed by atoms with van der Waals surface area (Å²) in [6.07, 6.45) is 5.54. The molecule has 16 heavy (non-hydrogen) atoms. The fourth-order valence-electron chi connectivity index (χ4n) is 1.57. The molecule has 0 aliphatic carbocycles. The number of nitrogens with zero attached hydrogens (tertiary/aromatic N) is 4. The van der Waals surface area contributed by atoms with Crippen LogP contribution in [0.15, 0.2) is 24.0 Å². The average molecular weight is 346 g/mol. The zero-order chi connectivity index (χ0) is 11.1. The molecule has 0 fully saturated rings. The quantitative estimate of drug-likeness (QED) is 0.719. The number of fused-ring (bicyclic) bond motifs is 1. The molecule has 3 aromatic rings. The highest BCUT2D eigenvalue weighted by Gasteiger charge is 2.14. The van der Waals surface area contributed by atoms with E-state index in [2.05, 4.69) is 32.7 Å². The summed E-state index contributed by atoms with van der Waals surface area (Å²) in [5.41, 5.74) is 0.760. The minimum absolute atomic E-state index is 0.0519. The van der Waals surface area contributed by atoms with Crippen LogP contribution in [0, 0.1) is 3.57 Å². The molecule has 5 nitrogen and oxygen atoms in total. The molecule has 0 bridgehead atoms. The van der Waals surface area contributed by atoms with Crippen molar-refractivity contribution in [2.75, 3.05) is 0 Å². The van der Waals surface area contributed by atoms with Gasteiger partial charge in [0, 0.05) is 17.8 Å². The lowest BCUT2D eigenvalue weighted by Gasteiger charge is -1.99. The van der Waals surface area contributed by atoms with Gasteiger partial charge in [0.05, 0.1) is 22.1 Å². The van der Waals surface area contributed by atoms with E-state index in [0.717, 1.165) is 14.2 Å². The van der Waals surface area contributed by atoms with Crippen molar-refractivity contribution >= 4 is 38.9 Å². The van der Waals surface area contributed by atoms with E-state index < -0.39 is 0 Å². The van der Waals surface area contributed by atoms with E-state index in [-0.39, 0.29) is 6.61 Å². The molecule has 0 amide bonds. The van der Waals surface area contributed by atoms with Crippen LogP contribution < -0.4 is 0 Å². The summed E-state index contributed by atoms with van der Waals surface area (Å²) >= 11 is 3.73. The molecule has 0 atom stereocenters. The second-order valence-electron chi connectivity index (χ2n) is 3.20. The summed E-state index contributed by atoms with van der Waals surface area (Å²) in [4.78, 5) is 5.31. The number of hydrogen-bond acceptors (Lipinski definition) is 4. The van der Waals surface area contributed by atoms with E-state index in [9.17, 15) is 5.11 Å². The normalized spacial score (nSPS) is 11.4. The van der Waals surface area contributed by atoms with Gasteiger partial charge >= 0.3 is 0 Å². The molecule has 3 heterocycles. The highest BCUT2D eigenvalue weighted by Crippen LogP contribution is 2.20. The summed E-state index contributed by atoms with van der Waals surface area (Å²) in [5, 5.41) is 15.5. The Balaban J connectivity index is 2.26. The third-order valence-corrected chi connectivity index (χ3v) is 3.57. The van der Waals surface area contributed by atoms with Gasteiger partial charge in [-0.1, -0.05) is 0 Å². The number of hydrogen-bond donors (Lipinski definition) is 1. The molecule has 0 unspecified atom stereocenters. The van der Waals surface area contributed by atoms with Gasteiger partial charge in [-0.05, 0) is 22.6 Å². The molecule has 0 aliphatic rings. The van der Waals surface area contributed by atoms with Crippen LogP contribution in [0.3, 0.4) is 0 Å². The van der Waals surface area contributed by atoms with Crippen molar-refractivity contribution in [3.05, 3.63) is 33.2 Å². The Morgan fingerprint density at radius 2 is 2.38 bits per heavy atom. The van der Waals surface area contributed by atoms with Gasteiger partial charge in [-0.3, -0.25) is 4.40 Å². The molecule has 0 spiro atoms. The zero-order valence-corrected chi connectivity index (χ0v) is 11.0. The lowest BCUT2D eigenvalue weighted by atomic mass is 10.4. The van der Waals surface area contributed by atoms with Gasteiger partial charge in [0.25, 0.3) is 0 Å². The van der Waals surface area contributed by atoms with Crippen molar-refractivity contribution in [2.24, 2.45) is 0 Å². The molecule has 3 aromatic heterocycles. The van der Waals surface area contributed by atoms with Crippen LogP contribution in [0.4, 0.5) is 0 Å². The first-order valence-electron chi connectivity index (χ1n) is 4.55. The van der Waals surface area contributed by atoms with E-state index in [1.807, 2.05) is 22.2 Å². The van der Waals surface area contributed by atoms with Gasteiger partial charge in [-0.25, -0.2) is 4.68 Å². The smallest absolute Gasteiger partial charge is 0.196 e. The lowest BCUT2D eigenvalue weighted by molar-refractivity contribution is 0.275. The van der Waals surface area contributed by atoms with E-state index in [0.29, 0.717) is 5.82 Å². The topological polar surface area (TPSA) is 55.3 Å². The maximum atomic E-state index is 9.39. The first-order valence-corrected chi connectivity index (χ1v) is 6.51. The average Bonchev–Trinajstić information content (AvgIpc) is 2.90. The van der Waals surface area contributed by atoms with Crippen LogP contribution in [-0.2, 0) is 6.61 Å². The van der Waals surface area contributed by atoms with Crippen LogP contribution >= 0.6 is 33.9 Å². The van der Waals surface area contributed by atoms with Gasteiger partial charge in [0.2, 0.25) is 0 Å². The Morgan fingerprint density at radius 1 is 1.50 bits per heavy atom. The number of imidazole rings is 1. The lowest BCUT2D eigenvalue weighted by Crippen LogP contribution is -2.01. The highest BCUT2D eigenvalue weighted by molar-refractivity contribution is 14.1. The Labute approximate surface area is 108 Å². The van der Waals surface area contributed by atoms with Crippen molar-refractivity contribution in [3.63, 3.8) is 0 Å². The maximum Gasteiger partial charge on any atom is 0.196 e. The molecule has 82 valence electrons. The molecule has 0 saturated carbocycles. The minimum atomic E-state index is -0.0519. The molecule has 1 N–H and O–H groups in total. The third-order valence-electron chi connectivity index (χ3n) is 2.26. The van der Waals surface area contributed by atoms with E-state index in [1.54, 1.807) is 10.9 Å². The van der Waals surface area contributed by atoms with Crippen LogP contribution in [0.1, 0.15) is 5.69 Å². The SMILES string of the molecule is OCc1c(-n2cc(I)cn2)nc2sccn12. The van der Waals surface area contributed by atoms with Crippen molar-refractivity contribution in [3.8, 4) is 5.82 Å². The fraction of sp³-hybridized carbons (Fsp3) is 0.111. The Kier molecular flexibility index (Phi) is 2.45. The number of aliphatic hydroxyl groups excluding tert-OH is 1. The van der Waals surface area contributed by atoms with Gasteiger partial charge in [0.1, 0.15) is 0 Å². The fourth-order valence-corrected chi connectivity index (χ4v) is 2.68. The van der Waals surface area contributed by atoms with Crippen LogP contribution in [0.25, 0.3) is 10.8 Å². The molecule has 3 rings (SSSR count). The van der Waals surface area contributed by atoms with Crippen molar-refractivity contribution < 1.29 is 5.11 Å². The summed E-state index contributed by atoms with van der Waals surface area (Å²) in [7, 11) is 0. The molecule has 0 radical (unpaired) electrons. The van der Waals surface area contributed by atoms with Crippen molar-refractivity contribution in [2.45, 2.75) is 6.61 Å². The summed E-state index contributed by atoms with van der Waals surface area (Å²) < 4.78 is 4.61.